The van der Waals surface area contributed by atoms with Crippen LogP contribution >= 0.6 is 0 Å². The molecule has 0 radical (unpaired) electrons. The minimum Gasteiger partial charge on any atom is -0.472 e. The molecular weight excluding hydrogens is 308 g/mol. The maximum absolute atomic E-state index is 12.1. The van der Waals surface area contributed by atoms with Gasteiger partial charge in [-0.3, -0.25) is 4.68 Å². The Morgan fingerprint density at radius 3 is 2.82 bits per heavy atom. The summed E-state index contributed by atoms with van der Waals surface area (Å²) in [6.07, 6.45) is 6.82. The van der Waals surface area contributed by atoms with Crippen LogP contribution in [0.3, 0.4) is 0 Å². The largest absolute Gasteiger partial charge is 0.472 e. The van der Waals surface area contributed by atoms with Gasteiger partial charge in [-0.1, -0.05) is 0 Å². The molecule has 1 N–H and O–H groups in total. The normalized spacial score (nSPS) is 16.9. The summed E-state index contributed by atoms with van der Waals surface area (Å²) in [6, 6.07) is 1.85. The summed E-state index contributed by atoms with van der Waals surface area (Å²) in [5.41, 5.74) is 1.88. The highest BCUT2D eigenvalue weighted by atomic mass is 32.2. The molecule has 9 heteroatoms. The third kappa shape index (κ3) is 3.55. The fourth-order valence-corrected chi connectivity index (χ4v) is 3.39. The van der Waals surface area contributed by atoms with Gasteiger partial charge in [0.1, 0.15) is 0 Å². The van der Waals surface area contributed by atoms with Crippen molar-refractivity contribution in [3.8, 4) is 11.1 Å². The van der Waals surface area contributed by atoms with Crippen molar-refractivity contribution in [1.82, 2.24) is 18.8 Å². The van der Waals surface area contributed by atoms with E-state index in [9.17, 15) is 8.42 Å². The molecule has 0 aromatic carbocycles. The molecular formula is C13H18N4O4S. The zero-order chi connectivity index (χ0) is 15.4. The first kappa shape index (κ1) is 15.2. The summed E-state index contributed by atoms with van der Waals surface area (Å²) in [5.74, 6) is 0. The van der Waals surface area contributed by atoms with Gasteiger partial charge in [-0.15, -0.1) is 0 Å². The van der Waals surface area contributed by atoms with Crippen molar-refractivity contribution in [3.05, 3.63) is 31.0 Å². The lowest BCUT2D eigenvalue weighted by molar-refractivity contribution is 0.0725. The molecule has 0 aliphatic carbocycles. The maximum Gasteiger partial charge on any atom is 0.279 e. The molecule has 0 atom stereocenters. The number of nitrogens with zero attached hydrogens (tertiary/aromatic N) is 3. The molecule has 1 fully saturated rings. The summed E-state index contributed by atoms with van der Waals surface area (Å²) in [4.78, 5) is 0. The van der Waals surface area contributed by atoms with Crippen molar-refractivity contribution in [1.29, 1.82) is 0 Å². The van der Waals surface area contributed by atoms with E-state index in [1.807, 2.05) is 12.3 Å². The van der Waals surface area contributed by atoms with Gasteiger partial charge >= 0.3 is 0 Å². The highest BCUT2D eigenvalue weighted by Gasteiger charge is 2.23. The highest BCUT2D eigenvalue weighted by Crippen LogP contribution is 2.18. The van der Waals surface area contributed by atoms with Crippen molar-refractivity contribution in [2.24, 2.45) is 0 Å². The minimum atomic E-state index is -3.44. The van der Waals surface area contributed by atoms with Gasteiger partial charge in [0.05, 0.1) is 38.5 Å². The smallest absolute Gasteiger partial charge is 0.279 e. The Morgan fingerprint density at radius 2 is 2.09 bits per heavy atom. The number of hydrogen-bond donors (Lipinski definition) is 1. The number of furan rings is 1. The Kier molecular flexibility index (Phi) is 4.57. The van der Waals surface area contributed by atoms with Gasteiger partial charge in [-0.2, -0.15) is 17.8 Å². The third-order valence-corrected chi connectivity index (χ3v) is 5.04. The summed E-state index contributed by atoms with van der Waals surface area (Å²) in [7, 11) is -3.44. The molecule has 0 saturated carbocycles. The van der Waals surface area contributed by atoms with Crippen molar-refractivity contribution in [2.75, 3.05) is 32.8 Å². The van der Waals surface area contributed by atoms with Crippen LogP contribution in [0.1, 0.15) is 0 Å². The van der Waals surface area contributed by atoms with Gasteiger partial charge in [0.2, 0.25) is 0 Å². The summed E-state index contributed by atoms with van der Waals surface area (Å²) in [6.45, 7) is 2.40. The Bertz CT molecular complexity index is 689. The van der Waals surface area contributed by atoms with E-state index in [4.69, 9.17) is 9.15 Å². The molecule has 0 spiro atoms. The average molecular weight is 326 g/mol. The number of rotatable bonds is 6. The van der Waals surface area contributed by atoms with Crippen LogP contribution in [-0.2, 0) is 21.5 Å². The number of morpholine rings is 1. The molecule has 1 saturated heterocycles. The van der Waals surface area contributed by atoms with E-state index in [1.54, 1.807) is 23.4 Å². The van der Waals surface area contributed by atoms with E-state index in [0.29, 0.717) is 32.8 Å². The van der Waals surface area contributed by atoms with Gasteiger partial charge < -0.3 is 9.15 Å². The SMILES string of the molecule is O=S(=O)(NCCn1cc(-c2ccoc2)cn1)N1CCOCC1. The highest BCUT2D eigenvalue weighted by molar-refractivity contribution is 7.87. The Hall–Kier alpha value is -1.68. The maximum atomic E-state index is 12.1. The van der Waals surface area contributed by atoms with Gasteiger partial charge in [0.25, 0.3) is 10.2 Å². The van der Waals surface area contributed by atoms with Crippen molar-refractivity contribution < 1.29 is 17.6 Å². The standard InChI is InChI=1S/C13H18N4O4S/c18-22(19,17-4-7-20-8-5-17)15-2-3-16-10-13(9-14-16)12-1-6-21-11-12/h1,6,9-11,15H,2-5,7-8H2. The van der Waals surface area contributed by atoms with Crippen molar-refractivity contribution in [3.63, 3.8) is 0 Å². The molecule has 22 heavy (non-hydrogen) atoms. The van der Waals surface area contributed by atoms with Gasteiger partial charge in [-0.05, 0) is 6.07 Å². The topological polar surface area (TPSA) is 89.6 Å². The van der Waals surface area contributed by atoms with Gasteiger partial charge in [0, 0.05) is 37.0 Å². The second-order valence-electron chi connectivity index (χ2n) is 4.91. The lowest BCUT2D eigenvalue weighted by Gasteiger charge is -2.26. The summed E-state index contributed by atoms with van der Waals surface area (Å²) >= 11 is 0. The first-order valence-electron chi connectivity index (χ1n) is 7.03. The molecule has 2 aromatic heterocycles. The molecule has 3 rings (SSSR count). The van der Waals surface area contributed by atoms with Crippen LogP contribution in [0, 0.1) is 0 Å². The molecule has 1 aliphatic rings. The van der Waals surface area contributed by atoms with Crippen LogP contribution in [0.2, 0.25) is 0 Å². The van der Waals surface area contributed by atoms with E-state index in [0.717, 1.165) is 11.1 Å². The fourth-order valence-electron chi connectivity index (χ4n) is 2.23. The van der Waals surface area contributed by atoms with E-state index in [2.05, 4.69) is 9.82 Å². The van der Waals surface area contributed by atoms with Crippen LogP contribution in [0.25, 0.3) is 11.1 Å². The van der Waals surface area contributed by atoms with E-state index in [1.165, 1.54) is 4.31 Å². The molecule has 0 amide bonds. The summed E-state index contributed by atoms with van der Waals surface area (Å²) in [5, 5.41) is 4.21. The summed E-state index contributed by atoms with van der Waals surface area (Å²) < 4.78 is 40.0. The van der Waals surface area contributed by atoms with Gasteiger partial charge in [0.15, 0.2) is 0 Å². The van der Waals surface area contributed by atoms with E-state index in [-0.39, 0.29) is 6.54 Å². The number of ether oxygens (including phenoxy) is 1. The second-order valence-corrected chi connectivity index (χ2v) is 6.67. The Labute approximate surface area is 128 Å². The molecule has 0 unspecified atom stereocenters. The first-order valence-corrected chi connectivity index (χ1v) is 8.47. The molecule has 8 nitrogen and oxygen atoms in total. The molecule has 0 bridgehead atoms. The van der Waals surface area contributed by atoms with Crippen molar-refractivity contribution >= 4 is 10.2 Å². The third-order valence-electron chi connectivity index (χ3n) is 3.42. The average Bonchev–Trinajstić information content (AvgIpc) is 3.19. The second kappa shape index (κ2) is 6.61. The zero-order valence-corrected chi connectivity index (χ0v) is 12.8. The molecule has 2 aromatic rings. The predicted molar refractivity (Wildman–Crippen MR) is 79.2 cm³/mol. The predicted octanol–water partition coefficient (Wildman–Crippen LogP) is 0.310. The number of aromatic nitrogens is 2. The molecule has 1 aliphatic heterocycles. The molecule has 120 valence electrons. The Morgan fingerprint density at radius 1 is 1.27 bits per heavy atom. The first-order chi connectivity index (χ1) is 10.6. The van der Waals surface area contributed by atoms with Crippen molar-refractivity contribution in [2.45, 2.75) is 6.54 Å². The Balaban J connectivity index is 1.52. The lowest BCUT2D eigenvalue weighted by Crippen LogP contribution is -2.47. The monoisotopic (exact) mass is 326 g/mol. The fraction of sp³-hybridized carbons (Fsp3) is 0.462. The van der Waals surface area contributed by atoms with Crippen LogP contribution in [0.15, 0.2) is 35.4 Å². The van der Waals surface area contributed by atoms with Crippen LogP contribution in [-0.4, -0.2) is 55.4 Å². The number of hydrogen-bond acceptors (Lipinski definition) is 5. The van der Waals surface area contributed by atoms with Gasteiger partial charge in [-0.25, -0.2) is 4.72 Å². The van der Waals surface area contributed by atoms with Crippen LogP contribution in [0.5, 0.6) is 0 Å². The molecule has 3 heterocycles. The number of nitrogens with one attached hydrogen (secondary N) is 1. The zero-order valence-electron chi connectivity index (χ0n) is 12.0. The quantitative estimate of drug-likeness (QED) is 0.825. The minimum absolute atomic E-state index is 0.284. The van der Waals surface area contributed by atoms with E-state index < -0.39 is 10.2 Å². The van der Waals surface area contributed by atoms with E-state index >= 15 is 0 Å². The van der Waals surface area contributed by atoms with Crippen LogP contribution in [0.4, 0.5) is 0 Å². The van der Waals surface area contributed by atoms with Crippen LogP contribution < -0.4 is 4.72 Å². The lowest BCUT2D eigenvalue weighted by atomic mass is 10.2.